The van der Waals surface area contributed by atoms with Gasteiger partial charge < -0.3 is 10.0 Å². The maximum Gasteiger partial charge on any atom is 0.257 e. The molecule has 180 valence electrons. The molecule has 1 aliphatic rings. The summed E-state index contributed by atoms with van der Waals surface area (Å²) in [6.07, 6.45) is 2.65. The number of benzene rings is 3. The Balaban J connectivity index is 1.66. The fourth-order valence-electron chi connectivity index (χ4n) is 4.42. The van der Waals surface area contributed by atoms with Gasteiger partial charge in [-0.15, -0.1) is 0 Å². The van der Waals surface area contributed by atoms with Crippen LogP contribution in [-0.2, 0) is 10.5 Å². The van der Waals surface area contributed by atoms with Gasteiger partial charge in [0.2, 0.25) is 0 Å². The fourth-order valence-corrected chi connectivity index (χ4v) is 4.55. The number of anilines is 2. The zero-order valence-electron chi connectivity index (χ0n) is 19.6. The summed E-state index contributed by atoms with van der Waals surface area (Å²) < 4.78 is 0. The molecule has 1 fully saturated rings. The van der Waals surface area contributed by atoms with Gasteiger partial charge in [-0.1, -0.05) is 54.1 Å². The number of halogens is 1. The molecule has 1 saturated heterocycles. The summed E-state index contributed by atoms with van der Waals surface area (Å²) in [5.74, 6) is -0.280. The van der Waals surface area contributed by atoms with Crippen molar-refractivity contribution >= 4 is 35.0 Å². The number of carbonyl (C=O) groups excluding carboxylic acids is 1. The second kappa shape index (κ2) is 11.1. The van der Waals surface area contributed by atoms with Crippen molar-refractivity contribution in [3.05, 3.63) is 101 Å². The average Bonchev–Trinajstić information content (AvgIpc) is 3.16. The second-order valence-electron chi connectivity index (χ2n) is 8.54. The first kappa shape index (κ1) is 25.0. The second-order valence-corrected chi connectivity index (χ2v) is 8.98. The van der Waals surface area contributed by atoms with Crippen molar-refractivity contribution in [2.24, 2.45) is 0 Å². The van der Waals surface area contributed by atoms with Crippen LogP contribution in [-0.4, -0.2) is 24.1 Å². The van der Waals surface area contributed by atoms with E-state index in [9.17, 15) is 9.90 Å². The highest BCUT2D eigenvalue weighted by Gasteiger charge is 2.49. The van der Waals surface area contributed by atoms with E-state index in [1.54, 1.807) is 30.3 Å². The number of rotatable bonds is 8. The van der Waals surface area contributed by atoms with Gasteiger partial charge in [0.05, 0.1) is 25.0 Å². The number of aliphatic hydroxyl groups is 1. The summed E-state index contributed by atoms with van der Waals surface area (Å²) in [5, 5.41) is 30.3. The van der Waals surface area contributed by atoms with Crippen molar-refractivity contribution in [1.29, 1.82) is 10.5 Å². The summed E-state index contributed by atoms with van der Waals surface area (Å²) in [4.78, 5) is 17.0. The first-order valence-electron chi connectivity index (χ1n) is 11.6. The van der Waals surface area contributed by atoms with Crippen LogP contribution in [0.5, 0.6) is 0 Å². The van der Waals surface area contributed by atoms with Crippen molar-refractivity contribution < 1.29 is 9.90 Å². The van der Waals surface area contributed by atoms with E-state index in [1.807, 2.05) is 59.5 Å². The van der Waals surface area contributed by atoms with Gasteiger partial charge >= 0.3 is 0 Å². The molecule has 6 nitrogen and oxygen atoms in total. The smallest absolute Gasteiger partial charge is 0.257 e. The number of amides is 1. The lowest BCUT2D eigenvalue weighted by Crippen LogP contribution is -2.43. The zero-order chi connectivity index (χ0) is 25.5. The molecule has 3 aromatic rings. The molecule has 1 amide bonds. The van der Waals surface area contributed by atoms with Gasteiger partial charge in [-0.2, -0.15) is 10.5 Å². The molecular weight excluding hydrogens is 472 g/mol. The van der Waals surface area contributed by atoms with E-state index < -0.39 is 5.72 Å². The van der Waals surface area contributed by atoms with E-state index in [4.69, 9.17) is 22.1 Å². The molecule has 0 aromatic heterocycles. The zero-order valence-corrected chi connectivity index (χ0v) is 20.4. The van der Waals surface area contributed by atoms with Crippen LogP contribution in [0.25, 0.3) is 6.08 Å². The van der Waals surface area contributed by atoms with Gasteiger partial charge in [-0.3, -0.25) is 9.69 Å². The topological polar surface area (TPSA) is 91.4 Å². The van der Waals surface area contributed by atoms with E-state index in [0.29, 0.717) is 47.8 Å². The van der Waals surface area contributed by atoms with Crippen LogP contribution in [0.15, 0.2) is 84.4 Å². The maximum atomic E-state index is 13.6. The van der Waals surface area contributed by atoms with E-state index in [-0.39, 0.29) is 12.3 Å². The summed E-state index contributed by atoms with van der Waals surface area (Å²) in [6, 6.07) is 27.9. The molecule has 0 aliphatic carbocycles. The van der Waals surface area contributed by atoms with E-state index in [2.05, 4.69) is 12.1 Å². The third-order valence-corrected chi connectivity index (χ3v) is 6.44. The van der Waals surface area contributed by atoms with Crippen molar-refractivity contribution in [2.45, 2.75) is 25.0 Å². The Morgan fingerprint density at radius 2 is 1.56 bits per heavy atom. The van der Waals surface area contributed by atoms with Gasteiger partial charge in [-0.05, 0) is 48.0 Å². The molecule has 4 rings (SSSR count). The van der Waals surface area contributed by atoms with Gasteiger partial charge in [0, 0.05) is 47.0 Å². The number of carbonyl (C=O) groups is 1. The molecule has 1 aliphatic heterocycles. The Morgan fingerprint density at radius 3 is 2.14 bits per heavy atom. The van der Waals surface area contributed by atoms with Crippen LogP contribution in [0.2, 0.25) is 5.02 Å². The van der Waals surface area contributed by atoms with Gasteiger partial charge in [-0.25, -0.2) is 0 Å². The predicted octanol–water partition coefficient (Wildman–Crippen LogP) is 5.64. The fraction of sp³-hybridized carbons (Fsp3) is 0.207. The van der Waals surface area contributed by atoms with Gasteiger partial charge in [0.15, 0.2) is 5.72 Å². The monoisotopic (exact) mass is 496 g/mol. The van der Waals surface area contributed by atoms with Crippen molar-refractivity contribution in [2.75, 3.05) is 22.9 Å². The van der Waals surface area contributed by atoms with E-state index in [0.717, 1.165) is 11.3 Å². The molecule has 7 heteroatoms. The quantitative estimate of drug-likeness (QED) is 0.407. The van der Waals surface area contributed by atoms with Crippen LogP contribution in [0.1, 0.15) is 30.4 Å². The Hall–Kier alpha value is -4.10. The Morgan fingerprint density at radius 1 is 0.944 bits per heavy atom. The first-order chi connectivity index (χ1) is 17.5. The largest absolute Gasteiger partial charge is 0.369 e. The van der Waals surface area contributed by atoms with Crippen LogP contribution in [0.4, 0.5) is 11.4 Å². The van der Waals surface area contributed by atoms with E-state index >= 15 is 0 Å². The Labute approximate surface area is 215 Å². The van der Waals surface area contributed by atoms with Crippen molar-refractivity contribution in [1.82, 2.24) is 0 Å². The predicted molar refractivity (Wildman–Crippen MR) is 141 cm³/mol. The lowest BCUT2D eigenvalue weighted by molar-refractivity contribution is -0.116. The minimum absolute atomic E-state index is 0.122. The lowest BCUT2D eigenvalue weighted by atomic mass is 9.97. The van der Waals surface area contributed by atoms with Crippen LogP contribution in [0, 0.1) is 22.7 Å². The molecule has 0 spiro atoms. The minimum atomic E-state index is -1.54. The van der Waals surface area contributed by atoms with Crippen LogP contribution < -0.4 is 9.80 Å². The standard InChI is InChI=1S/C29H25ClN4O2/c30-25-10-14-27(15-11-25)34-28(35)23(21-29(34,36)24-6-2-1-3-7-24)20-22-8-12-26(13-9-22)33(18-4-16-31)19-5-17-32/h1-3,6-15,20,36H,4-5,18-19,21H2/b23-20-. The van der Waals surface area contributed by atoms with E-state index in [1.165, 1.54) is 4.90 Å². The molecule has 1 N–H and O–H groups in total. The third kappa shape index (κ3) is 5.26. The summed E-state index contributed by atoms with van der Waals surface area (Å²) >= 11 is 6.06. The summed E-state index contributed by atoms with van der Waals surface area (Å²) in [6.45, 7) is 1.08. The molecule has 0 bridgehead atoms. The molecule has 1 heterocycles. The highest BCUT2D eigenvalue weighted by molar-refractivity contribution is 6.30. The normalized spacial score (nSPS) is 18.2. The Kier molecular flexibility index (Phi) is 7.71. The maximum absolute atomic E-state index is 13.6. The van der Waals surface area contributed by atoms with Gasteiger partial charge in [0.25, 0.3) is 5.91 Å². The molecule has 0 saturated carbocycles. The number of hydrogen-bond acceptors (Lipinski definition) is 5. The Bertz CT molecular complexity index is 1310. The molecule has 1 unspecified atom stereocenters. The molecule has 1 atom stereocenters. The SMILES string of the molecule is N#CCCN(CCC#N)c1ccc(/C=C2/CC(O)(c3ccccc3)N(c3ccc(Cl)cc3)C2=O)cc1. The molecule has 0 radical (unpaired) electrons. The highest BCUT2D eigenvalue weighted by Crippen LogP contribution is 2.43. The molecule has 3 aromatic carbocycles. The molecule has 36 heavy (non-hydrogen) atoms. The highest BCUT2D eigenvalue weighted by atomic mass is 35.5. The third-order valence-electron chi connectivity index (χ3n) is 6.19. The summed E-state index contributed by atoms with van der Waals surface area (Å²) in [5.41, 5.74) is 1.84. The first-order valence-corrected chi connectivity index (χ1v) is 12.0. The van der Waals surface area contributed by atoms with Gasteiger partial charge in [0.1, 0.15) is 0 Å². The van der Waals surface area contributed by atoms with Crippen molar-refractivity contribution in [3.63, 3.8) is 0 Å². The minimum Gasteiger partial charge on any atom is -0.369 e. The lowest BCUT2D eigenvalue weighted by Gasteiger charge is -2.33. The number of nitriles is 2. The summed E-state index contributed by atoms with van der Waals surface area (Å²) in [7, 11) is 0. The van der Waals surface area contributed by atoms with Crippen LogP contribution in [0.3, 0.4) is 0 Å². The van der Waals surface area contributed by atoms with Crippen LogP contribution >= 0.6 is 11.6 Å². The number of nitrogens with zero attached hydrogens (tertiary/aromatic N) is 4. The number of hydrogen-bond donors (Lipinski definition) is 1. The molecular formula is C29H25ClN4O2. The average molecular weight is 497 g/mol. The van der Waals surface area contributed by atoms with Crippen molar-refractivity contribution in [3.8, 4) is 12.1 Å².